The van der Waals surface area contributed by atoms with Crippen LogP contribution in [0.2, 0.25) is 0 Å². The average molecular weight is 283 g/mol. The second-order valence-electron chi connectivity index (χ2n) is 4.22. The van der Waals surface area contributed by atoms with Crippen molar-refractivity contribution >= 4 is 49.7 Å². The molecule has 0 radical (unpaired) electrons. The SMILES string of the molecule is CCCCCCCCN(CC(=O)[O-])CC(=O)[O-].[Ca+2]. The van der Waals surface area contributed by atoms with Gasteiger partial charge in [0.1, 0.15) is 0 Å². The fraction of sp³-hybridized carbons (Fsp3) is 0.833. The molecule has 0 saturated carbocycles. The van der Waals surface area contributed by atoms with Gasteiger partial charge in [0.15, 0.2) is 0 Å². The van der Waals surface area contributed by atoms with Crippen LogP contribution in [0.3, 0.4) is 0 Å². The van der Waals surface area contributed by atoms with Crippen LogP contribution in [0.25, 0.3) is 0 Å². The monoisotopic (exact) mass is 283 g/mol. The molecule has 18 heavy (non-hydrogen) atoms. The van der Waals surface area contributed by atoms with E-state index in [4.69, 9.17) is 0 Å². The number of carbonyl (C=O) groups excluding carboxylic acids is 2. The predicted octanol–water partition coefficient (Wildman–Crippen LogP) is -1.23. The molecule has 0 bridgehead atoms. The van der Waals surface area contributed by atoms with Crippen LogP contribution in [0.5, 0.6) is 0 Å². The summed E-state index contributed by atoms with van der Waals surface area (Å²) in [4.78, 5) is 22.1. The van der Waals surface area contributed by atoms with Crippen LogP contribution in [0, 0.1) is 0 Å². The van der Waals surface area contributed by atoms with Crippen molar-refractivity contribution in [2.45, 2.75) is 45.4 Å². The number of unbranched alkanes of at least 4 members (excludes halogenated alkanes) is 5. The van der Waals surface area contributed by atoms with E-state index in [9.17, 15) is 19.8 Å². The largest absolute Gasteiger partial charge is 2.00 e. The van der Waals surface area contributed by atoms with E-state index in [-0.39, 0.29) is 50.8 Å². The van der Waals surface area contributed by atoms with Crippen molar-refractivity contribution in [2.75, 3.05) is 19.6 Å². The van der Waals surface area contributed by atoms with E-state index < -0.39 is 11.9 Å². The van der Waals surface area contributed by atoms with Crippen molar-refractivity contribution in [1.82, 2.24) is 4.90 Å². The van der Waals surface area contributed by atoms with Crippen LogP contribution < -0.4 is 10.2 Å². The molecule has 0 spiro atoms. The van der Waals surface area contributed by atoms with Gasteiger partial charge in [-0.25, -0.2) is 0 Å². The van der Waals surface area contributed by atoms with Crippen LogP contribution in [0.15, 0.2) is 0 Å². The molecule has 0 rings (SSSR count). The van der Waals surface area contributed by atoms with Gasteiger partial charge in [0.2, 0.25) is 0 Å². The van der Waals surface area contributed by atoms with E-state index in [0.29, 0.717) is 6.54 Å². The Morgan fingerprint density at radius 3 is 1.78 bits per heavy atom. The molecule has 100 valence electrons. The Hall–Kier alpha value is 0.160. The van der Waals surface area contributed by atoms with Gasteiger partial charge in [-0.05, 0) is 13.0 Å². The van der Waals surface area contributed by atoms with E-state index >= 15 is 0 Å². The average Bonchev–Trinajstić information content (AvgIpc) is 2.21. The van der Waals surface area contributed by atoms with Crippen molar-refractivity contribution in [3.05, 3.63) is 0 Å². The second-order valence-corrected chi connectivity index (χ2v) is 4.22. The van der Waals surface area contributed by atoms with Crippen molar-refractivity contribution in [2.24, 2.45) is 0 Å². The number of hydrogen-bond acceptors (Lipinski definition) is 5. The van der Waals surface area contributed by atoms with Crippen molar-refractivity contribution in [3.63, 3.8) is 0 Å². The Morgan fingerprint density at radius 1 is 0.889 bits per heavy atom. The molecule has 0 amide bonds. The molecule has 0 aliphatic heterocycles. The molecule has 0 aromatic rings. The van der Waals surface area contributed by atoms with E-state index in [1.54, 1.807) is 0 Å². The molecule has 6 heteroatoms. The van der Waals surface area contributed by atoms with Gasteiger partial charge in [0.25, 0.3) is 0 Å². The number of nitrogens with zero attached hydrogens (tertiary/aromatic N) is 1. The predicted molar refractivity (Wildman–Crippen MR) is 65.6 cm³/mol. The molecule has 0 aliphatic rings. The van der Waals surface area contributed by atoms with Gasteiger partial charge in [-0.15, -0.1) is 0 Å². The van der Waals surface area contributed by atoms with Crippen molar-refractivity contribution < 1.29 is 19.8 Å². The molecule has 0 heterocycles. The zero-order valence-electron chi connectivity index (χ0n) is 11.2. The standard InChI is InChI=1S/C12H23NO4.Ca/c1-2-3-4-5-6-7-8-13(9-11(14)15)10-12(16)17;/h2-10H2,1H3,(H,14,15)(H,16,17);/q;+2/p-2. The molecule has 0 saturated heterocycles. The van der Waals surface area contributed by atoms with Gasteiger partial charge in [-0.2, -0.15) is 0 Å². The molecule has 0 fully saturated rings. The maximum Gasteiger partial charge on any atom is 2.00 e. The quantitative estimate of drug-likeness (QED) is 0.350. The first-order valence-electron chi connectivity index (χ1n) is 6.18. The second kappa shape index (κ2) is 13.6. The van der Waals surface area contributed by atoms with Gasteiger partial charge in [-0.3, -0.25) is 4.90 Å². The van der Waals surface area contributed by atoms with Gasteiger partial charge in [0.05, 0.1) is 11.9 Å². The maximum absolute atomic E-state index is 10.4. The third-order valence-electron chi connectivity index (χ3n) is 2.53. The summed E-state index contributed by atoms with van der Waals surface area (Å²) in [6, 6.07) is 0. The third kappa shape index (κ3) is 14.2. The molecule has 0 aromatic heterocycles. The first kappa shape index (κ1) is 20.5. The summed E-state index contributed by atoms with van der Waals surface area (Å²) in [6.07, 6.45) is 6.49. The number of carboxylic acids is 2. The van der Waals surface area contributed by atoms with Crippen molar-refractivity contribution in [1.29, 1.82) is 0 Å². The molecule has 0 aliphatic carbocycles. The minimum absolute atomic E-state index is 0. The van der Waals surface area contributed by atoms with Crippen LogP contribution in [0.1, 0.15) is 45.4 Å². The van der Waals surface area contributed by atoms with Crippen LogP contribution in [-0.2, 0) is 9.59 Å². The summed E-state index contributed by atoms with van der Waals surface area (Å²) in [5, 5.41) is 20.8. The molecule has 0 atom stereocenters. The molecule has 0 aromatic carbocycles. The third-order valence-corrected chi connectivity index (χ3v) is 2.53. The molecule has 0 N–H and O–H groups in total. The van der Waals surface area contributed by atoms with Crippen LogP contribution >= 0.6 is 0 Å². The van der Waals surface area contributed by atoms with Gasteiger partial charge in [-0.1, -0.05) is 39.0 Å². The van der Waals surface area contributed by atoms with Gasteiger partial charge < -0.3 is 19.8 Å². The zero-order valence-corrected chi connectivity index (χ0v) is 13.4. The van der Waals surface area contributed by atoms with Gasteiger partial charge >= 0.3 is 37.7 Å². The topological polar surface area (TPSA) is 83.5 Å². The molecule has 5 nitrogen and oxygen atoms in total. The number of hydrogen-bond donors (Lipinski definition) is 0. The smallest absolute Gasteiger partial charge is 0.549 e. The fourth-order valence-corrected chi connectivity index (χ4v) is 1.69. The molecule has 0 unspecified atom stereocenters. The van der Waals surface area contributed by atoms with E-state index in [1.807, 2.05) is 0 Å². The summed E-state index contributed by atoms with van der Waals surface area (Å²) >= 11 is 0. The normalized spacial score (nSPS) is 10.1. The van der Waals surface area contributed by atoms with Gasteiger partial charge in [0, 0.05) is 13.1 Å². The number of rotatable bonds is 11. The Balaban J connectivity index is 0. The Bertz CT molecular complexity index is 220. The van der Waals surface area contributed by atoms with E-state index in [0.717, 1.165) is 19.3 Å². The summed E-state index contributed by atoms with van der Waals surface area (Å²) in [7, 11) is 0. The summed E-state index contributed by atoms with van der Waals surface area (Å²) in [6.45, 7) is 1.92. The zero-order chi connectivity index (χ0) is 13.1. The summed E-state index contributed by atoms with van der Waals surface area (Å²) < 4.78 is 0. The maximum atomic E-state index is 10.4. The van der Waals surface area contributed by atoms with E-state index in [1.165, 1.54) is 24.2 Å². The van der Waals surface area contributed by atoms with E-state index in [2.05, 4.69) is 6.92 Å². The summed E-state index contributed by atoms with van der Waals surface area (Å²) in [5.41, 5.74) is 0. The Labute approximate surface area is 139 Å². The Kier molecular flexibility index (Phi) is 15.5. The first-order valence-corrected chi connectivity index (χ1v) is 6.18. The van der Waals surface area contributed by atoms with Crippen molar-refractivity contribution in [3.8, 4) is 0 Å². The number of aliphatic carboxylic acids is 2. The van der Waals surface area contributed by atoms with Crippen LogP contribution in [-0.4, -0.2) is 74.2 Å². The fourth-order valence-electron chi connectivity index (χ4n) is 1.69. The molecular weight excluding hydrogens is 262 g/mol. The first-order chi connectivity index (χ1) is 8.06. The number of carbonyl (C=O) groups is 2. The number of carboxylic acid groups (broad SMARTS) is 2. The van der Waals surface area contributed by atoms with Crippen LogP contribution in [0.4, 0.5) is 0 Å². The minimum atomic E-state index is -1.25. The minimum Gasteiger partial charge on any atom is -0.549 e. The molecular formula is C12H21CaNO4. The Morgan fingerprint density at radius 2 is 1.33 bits per heavy atom. The summed E-state index contributed by atoms with van der Waals surface area (Å²) in [5.74, 6) is -2.51.